The molecule has 2 rings (SSSR count). The molecular weight excluding hydrogens is 164 g/mol. The highest BCUT2D eigenvalue weighted by molar-refractivity contribution is 5.75. The summed E-state index contributed by atoms with van der Waals surface area (Å²) in [6.45, 7) is 1.65. The van der Waals surface area contributed by atoms with E-state index in [1.165, 1.54) is 0 Å². The van der Waals surface area contributed by atoms with Crippen molar-refractivity contribution >= 4 is 6.03 Å². The second-order valence-electron chi connectivity index (χ2n) is 2.81. The van der Waals surface area contributed by atoms with Gasteiger partial charge < -0.3 is 10.2 Å². The number of benzene rings is 1. The van der Waals surface area contributed by atoms with E-state index in [0.717, 1.165) is 13.1 Å². The lowest BCUT2D eigenvalue weighted by molar-refractivity contribution is 0.226. The maximum atomic E-state index is 10.4. The largest absolute Gasteiger partial charge is 0.336 e. The second kappa shape index (κ2) is 5.19. The Morgan fingerprint density at radius 1 is 1.15 bits per heavy atom. The normalized spacial score (nSPS) is 14.5. The van der Waals surface area contributed by atoms with Crippen LogP contribution in [-0.2, 0) is 0 Å². The molecule has 1 aromatic rings. The van der Waals surface area contributed by atoms with E-state index in [1.807, 2.05) is 36.4 Å². The Labute approximate surface area is 78.4 Å². The predicted octanol–water partition coefficient (Wildman–Crippen LogP) is 1.33. The molecule has 0 radical (unpaired) electrons. The first-order chi connectivity index (χ1) is 6.30. The van der Waals surface area contributed by atoms with Crippen molar-refractivity contribution in [3.63, 3.8) is 0 Å². The number of carbonyl (C=O) groups excluding carboxylic acids is 1. The molecule has 0 spiro atoms. The van der Waals surface area contributed by atoms with Gasteiger partial charge >= 0.3 is 6.03 Å². The molecule has 0 saturated carbocycles. The number of nitrogens with one attached hydrogen (secondary N) is 1. The summed E-state index contributed by atoms with van der Waals surface area (Å²) in [5.41, 5.74) is 0. The third-order valence-electron chi connectivity index (χ3n) is 1.74. The molecule has 1 heterocycles. The summed E-state index contributed by atoms with van der Waals surface area (Å²) in [6, 6.07) is 12.0. The minimum atomic E-state index is 0.0417. The van der Waals surface area contributed by atoms with Crippen LogP contribution in [0.3, 0.4) is 0 Å². The smallest absolute Gasteiger partial charge is 0.317 e. The Bertz CT molecular complexity index is 222. The molecule has 3 nitrogen and oxygen atoms in total. The molecule has 1 aromatic carbocycles. The Balaban J connectivity index is 0.000000132. The van der Waals surface area contributed by atoms with Gasteiger partial charge in [-0.15, -0.1) is 0 Å². The molecule has 0 unspecified atom stereocenters. The molecule has 1 fully saturated rings. The van der Waals surface area contributed by atoms with Gasteiger partial charge in [0.1, 0.15) is 0 Å². The summed E-state index contributed by atoms with van der Waals surface area (Å²) >= 11 is 0. The van der Waals surface area contributed by atoms with Gasteiger partial charge in [0.05, 0.1) is 0 Å². The van der Waals surface area contributed by atoms with Crippen molar-refractivity contribution in [1.82, 2.24) is 10.2 Å². The number of urea groups is 1. The van der Waals surface area contributed by atoms with Gasteiger partial charge in [0.25, 0.3) is 0 Å². The number of amides is 2. The highest BCUT2D eigenvalue weighted by Crippen LogP contribution is 1.88. The topological polar surface area (TPSA) is 32.3 Å². The van der Waals surface area contributed by atoms with Crippen molar-refractivity contribution < 1.29 is 4.79 Å². The molecule has 0 bridgehead atoms. The molecule has 3 heteroatoms. The lowest BCUT2D eigenvalue weighted by Gasteiger charge is -2.01. The first-order valence-corrected chi connectivity index (χ1v) is 4.29. The van der Waals surface area contributed by atoms with Crippen molar-refractivity contribution in [2.75, 3.05) is 20.1 Å². The lowest BCUT2D eigenvalue weighted by atomic mass is 10.4. The van der Waals surface area contributed by atoms with E-state index in [9.17, 15) is 4.79 Å². The fraction of sp³-hybridized carbons (Fsp3) is 0.300. The summed E-state index contributed by atoms with van der Waals surface area (Å²) in [4.78, 5) is 12.0. The van der Waals surface area contributed by atoms with Crippen molar-refractivity contribution in [3.05, 3.63) is 36.4 Å². The quantitative estimate of drug-likeness (QED) is 0.638. The van der Waals surface area contributed by atoms with Crippen molar-refractivity contribution in [2.24, 2.45) is 0 Å². The molecule has 1 aliphatic heterocycles. The lowest BCUT2D eigenvalue weighted by Crippen LogP contribution is -2.23. The van der Waals surface area contributed by atoms with Gasteiger partial charge in [0.2, 0.25) is 0 Å². The van der Waals surface area contributed by atoms with Crippen LogP contribution in [0.15, 0.2) is 36.4 Å². The number of hydrogen-bond donors (Lipinski definition) is 1. The van der Waals surface area contributed by atoms with Crippen LogP contribution in [0.2, 0.25) is 0 Å². The molecule has 1 saturated heterocycles. The van der Waals surface area contributed by atoms with E-state index in [2.05, 4.69) is 5.32 Å². The molecule has 0 aromatic heterocycles. The summed E-state index contributed by atoms with van der Waals surface area (Å²) in [5.74, 6) is 0. The maximum absolute atomic E-state index is 10.4. The minimum Gasteiger partial charge on any atom is -0.336 e. The van der Waals surface area contributed by atoms with Gasteiger partial charge in [-0.1, -0.05) is 36.4 Å². The number of nitrogens with zero attached hydrogens (tertiary/aromatic N) is 1. The summed E-state index contributed by atoms with van der Waals surface area (Å²) in [7, 11) is 1.78. The average Bonchev–Trinajstić information content (AvgIpc) is 2.55. The maximum Gasteiger partial charge on any atom is 0.317 e. The summed E-state index contributed by atoms with van der Waals surface area (Å²) in [5, 5.41) is 2.66. The molecular formula is C10H14N2O. The molecule has 1 N–H and O–H groups in total. The zero-order valence-corrected chi connectivity index (χ0v) is 7.73. The van der Waals surface area contributed by atoms with Crippen LogP contribution < -0.4 is 5.32 Å². The van der Waals surface area contributed by atoms with Gasteiger partial charge in [0.15, 0.2) is 0 Å². The zero-order chi connectivity index (χ0) is 9.52. The highest BCUT2D eigenvalue weighted by Gasteiger charge is 2.12. The molecule has 70 valence electrons. The molecule has 0 aliphatic carbocycles. The van der Waals surface area contributed by atoms with Crippen LogP contribution in [0.5, 0.6) is 0 Å². The van der Waals surface area contributed by atoms with Crippen LogP contribution in [0.25, 0.3) is 0 Å². The van der Waals surface area contributed by atoms with E-state index in [1.54, 1.807) is 11.9 Å². The fourth-order valence-electron chi connectivity index (χ4n) is 0.952. The van der Waals surface area contributed by atoms with E-state index < -0.39 is 0 Å². The zero-order valence-electron chi connectivity index (χ0n) is 7.73. The van der Waals surface area contributed by atoms with Gasteiger partial charge in [-0.3, -0.25) is 0 Å². The second-order valence-corrected chi connectivity index (χ2v) is 2.81. The van der Waals surface area contributed by atoms with Gasteiger partial charge in [-0.2, -0.15) is 0 Å². The van der Waals surface area contributed by atoms with Gasteiger partial charge in [-0.05, 0) is 0 Å². The van der Waals surface area contributed by atoms with E-state index in [0.29, 0.717) is 0 Å². The number of rotatable bonds is 0. The van der Waals surface area contributed by atoms with Crippen LogP contribution in [0.1, 0.15) is 0 Å². The number of hydrogen-bond acceptors (Lipinski definition) is 1. The predicted molar refractivity (Wildman–Crippen MR) is 52.5 cm³/mol. The molecule has 1 aliphatic rings. The Morgan fingerprint density at radius 2 is 1.62 bits per heavy atom. The monoisotopic (exact) mass is 178 g/mol. The van der Waals surface area contributed by atoms with E-state index in [4.69, 9.17) is 0 Å². The fourth-order valence-corrected chi connectivity index (χ4v) is 0.952. The van der Waals surface area contributed by atoms with Crippen molar-refractivity contribution in [3.8, 4) is 0 Å². The SMILES string of the molecule is CN1CCNC1=O.c1ccccc1. The summed E-state index contributed by atoms with van der Waals surface area (Å²) in [6.07, 6.45) is 0. The highest BCUT2D eigenvalue weighted by atomic mass is 16.2. The number of carbonyl (C=O) groups is 1. The third-order valence-corrected chi connectivity index (χ3v) is 1.74. The van der Waals surface area contributed by atoms with Gasteiger partial charge in [-0.25, -0.2) is 4.79 Å². The van der Waals surface area contributed by atoms with E-state index in [-0.39, 0.29) is 6.03 Å². The first kappa shape index (κ1) is 9.58. The Kier molecular flexibility index (Phi) is 3.82. The Hall–Kier alpha value is -1.51. The summed E-state index contributed by atoms with van der Waals surface area (Å²) < 4.78 is 0. The average molecular weight is 178 g/mol. The minimum absolute atomic E-state index is 0.0417. The first-order valence-electron chi connectivity index (χ1n) is 4.29. The molecule has 2 amide bonds. The van der Waals surface area contributed by atoms with Crippen LogP contribution >= 0.6 is 0 Å². The van der Waals surface area contributed by atoms with Crippen LogP contribution in [0.4, 0.5) is 4.79 Å². The standard InChI is InChI=1S/C6H6.C4H8N2O/c1-2-4-6-5-3-1;1-6-3-2-5-4(6)7/h1-6H;2-3H2,1H3,(H,5,7). The molecule has 0 atom stereocenters. The van der Waals surface area contributed by atoms with Crippen molar-refractivity contribution in [1.29, 1.82) is 0 Å². The van der Waals surface area contributed by atoms with Crippen LogP contribution in [-0.4, -0.2) is 31.1 Å². The third kappa shape index (κ3) is 3.60. The van der Waals surface area contributed by atoms with E-state index >= 15 is 0 Å². The van der Waals surface area contributed by atoms with Crippen LogP contribution in [0, 0.1) is 0 Å². The number of likely N-dealkylation sites (N-methyl/N-ethyl adjacent to an activating group) is 1. The Morgan fingerprint density at radius 3 is 1.77 bits per heavy atom. The molecule has 13 heavy (non-hydrogen) atoms. The van der Waals surface area contributed by atoms with Gasteiger partial charge in [0, 0.05) is 20.1 Å². The van der Waals surface area contributed by atoms with Crippen molar-refractivity contribution in [2.45, 2.75) is 0 Å².